The van der Waals surface area contributed by atoms with Gasteiger partial charge in [0.05, 0.1) is 5.52 Å². The van der Waals surface area contributed by atoms with Gasteiger partial charge in [0.15, 0.2) is 11.5 Å². The normalized spacial score (nSPS) is 12.3. The Bertz CT molecular complexity index is 1090. The van der Waals surface area contributed by atoms with Gasteiger partial charge in [-0.15, -0.1) is 0 Å². The van der Waals surface area contributed by atoms with Crippen LogP contribution in [-0.2, 0) is 6.54 Å². The van der Waals surface area contributed by atoms with E-state index in [0.29, 0.717) is 34.6 Å². The van der Waals surface area contributed by atoms with E-state index in [-0.39, 0.29) is 18.1 Å². The second-order valence-electron chi connectivity index (χ2n) is 5.81. The summed E-state index contributed by atoms with van der Waals surface area (Å²) in [4.78, 5) is 25.5. The molecule has 4 rings (SSSR count). The minimum atomic E-state index is -0.681. The molecule has 26 heavy (non-hydrogen) atoms. The van der Waals surface area contributed by atoms with E-state index in [1.165, 1.54) is 4.57 Å². The van der Waals surface area contributed by atoms with Crippen molar-refractivity contribution in [2.45, 2.75) is 13.5 Å². The fourth-order valence-corrected chi connectivity index (χ4v) is 3.08. The third-order valence-corrected chi connectivity index (χ3v) is 4.32. The molecule has 2 aromatic carbocycles. The number of fused-ring (bicyclic) bond motifs is 2. The Morgan fingerprint density at radius 3 is 2.77 bits per heavy atom. The first-order valence-electron chi connectivity index (χ1n) is 8.15. The summed E-state index contributed by atoms with van der Waals surface area (Å²) >= 11 is 0. The fraction of sp³-hybridized carbons (Fsp3) is 0.158. The van der Waals surface area contributed by atoms with Crippen molar-refractivity contribution in [1.82, 2.24) is 4.57 Å². The van der Waals surface area contributed by atoms with Gasteiger partial charge in [0.2, 0.25) is 6.79 Å². The monoisotopic (exact) mass is 352 g/mol. The van der Waals surface area contributed by atoms with Crippen LogP contribution in [0.15, 0.2) is 47.3 Å². The van der Waals surface area contributed by atoms with Crippen molar-refractivity contribution in [3.8, 4) is 17.2 Å². The summed E-state index contributed by atoms with van der Waals surface area (Å²) in [6.07, 6.45) is 0. The molecule has 0 radical (unpaired) electrons. The highest BCUT2D eigenvalue weighted by molar-refractivity contribution is 6.09. The van der Waals surface area contributed by atoms with Crippen molar-refractivity contribution in [2.75, 3.05) is 12.1 Å². The Morgan fingerprint density at radius 1 is 1.19 bits per heavy atom. The summed E-state index contributed by atoms with van der Waals surface area (Å²) in [5, 5.41) is 13.6. The molecule has 2 heterocycles. The zero-order valence-electron chi connectivity index (χ0n) is 14.0. The molecular formula is C19H16N2O5. The van der Waals surface area contributed by atoms with Crippen molar-refractivity contribution in [2.24, 2.45) is 0 Å². The average Bonchev–Trinajstić information content (AvgIpc) is 3.10. The molecule has 132 valence electrons. The standard InChI is InChI=1S/C19H16N2O5/c1-2-21-13-6-4-3-5-12(13)17(22)16(19(21)24)18(23)20-11-7-8-14-15(9-11)26-10-25-14/h3-9,22H,2,10H2,1H3,(H,20,23). The molecule has 0 fully saturated rings. The van der Waals surface area contributed by atoms with Crippen LogP contribution in [0.4, 0.5) is 5.69 Å². The first-order valence-corrected chi connectivity index (χ1v) is 8.15. The Hall–Kier alpha value is -3.48. The van der Waals surface area contributed by atoms with Crippen molar-refractivity contribution in [3.05, 3.63) is 58.4 Å². The predicted octanol–water partition coefficient (Wildman–Crippen LogP) is 2.71. The van der Waals surface area contributed by atoms with Gasteiger partial charge in [-0.3, -0.25) is 9.59 Å². The Kier molecular flexibility index (Phi) is 3.76. The number of benzene rings is 2. The number of carbonyl (C=O) groups is 1. The molecule has 1 aliphatic heterocycles. The van der Waals surface area contributed by atoms with Crippen LogP contribution in [0.3, 0.4) is 0 Å². The number of aromatic nitrogens is 1. The number of rotatable bonds is 3. The first kappa shape index (κ1) is 16.0. The van der Waals surface area contributed by atoms with Crippen molar-refractivity contribution in [1.29, 1.82) is 0 Å². The quantitative estimate of drug-likeness (QED) is 0.756. The van der Waals surface area contributed by atoms with Gasteiger partial charge in [-0.2, -0.15) is 0 Å². The molecule has 1 aliphatic rings. The summed E-state index contributed by atoms with van der Waals surface area (Å²) in [6.45, 7) is 2.31. The molecule has 0 spiro atoms. The maximum Gasteiger partial charge on any atom is 0.267 e. The molecule has 7 heteroatoms. The lowest BCUT2D eigenvalue weighted by Crippen LogP contribution is -2.29. The number of aromatic hydroxyl groups is 1. The molecule has 0 bridgehead atoms. The predicted molar refractivity (Wildman–Crippen MR) is 96.1 cm³/mol. The van der Waals surface area contributed by atoms with E-state index in [1.54, 1.807) is 42.5 Å². The minimum Gasteiger partial charge on any atom is -0.506 e. The number of aryl methyl sites for hydroxylation is 1. The average molecular weight is 352 g/mol. The molecule has 0 aliphatic carbocycles. The molecule has 0 saturated carbocycles. The third-order valence-electron chi connectivity index (χ3n) is 4.32. The van der Waals surface area contributed by atoms with E-state index in [1.807, 2.05) is 6.92 Å². The number of ether oxygens (including phenoxy) is 2. The van der Waals surface area contributed by atoms with Gasteiger partial charge in [0.1, 0.15) is 11.3 Å². The van der Waals surface area contributed by atoms with Gasteiger partial charge in [0, 0.05) is 23.7 Å². The van der Waals surface area contributed by atoms with Crippen molar-refractivity contribution < 1.29 is 19.4 Å². The molecule has 0 unspecified atom stereocenters. The molecule has 7 nitrogen and oxygen atoms in total. The molecule has 0 atom stereocenters. The molecule has 1 amide bonds. The first-order chi connectivity index (χ1) is 12.6. The SMILES string of the molecule is CCn1c(=O)c(C(=O)Nc2ccc3c(c2)OCO3)c(O)c2ccccc21. The highest BCUT2D eigenvalue weighted by atomic mass is 16.7. The van der Waals surface area contributed by atoms with Gasteiger partial charge >= 0.3 is 0 Å². The topological polar surface area (TPSA) is 89.8 Å². The lowest BCUT2D eigenvalue weighted by Gasteiger charge is -2.13. The zero-order valence-corrected chi connectivity index (χ0v) is 14.0. The van der Waals surface area contributed by atoms with Gasteiger partial charge in [0.25, 0.3) is 11.5 Å². The number of anilines is 1. The van der Waals surface area contributed by atoms with Crippen LogP contribution in [0.2, 0.25) is 0 Å². The lowest BCUT2D eigenvalue weighted by atomic mass is 10.1. The summed E-state index contributed by atoms with van der Waals surface area (Å²) in [5.41, 5.74) is 0.191. The van der Waals surface area contributed by atoms with Gasteiger partial charge in [-0.05, 0) is 31.2 Å². The Labute approximate surface area is 148 Å². The number of nitrogens with zero attached hydrogens (tertiary/aromatic N) is 1. The number of pyridine rings is 1. The van der Waals surface area contributed by atoms with Gasteiger partial charge in [-0.1, -0.05) is 12.1 Å². The van der Waals surface area contributed by atoms with Crippen LogP contribution < -0.4 is 20.3 Å². The summed E-state index contributed by atoms with van der Waals surface area (Å²) in [7, 11) is 0. The highest BCUT2D eigenvalue weighted by Crippen LogP contribution is 2.34. The van der Waals surface area contributed by atoms with Crippen LogP contribution >= 0.6 is 0 Å². The number of para-hydroxylation sites is 1. The smallest absolute Gasteiger partial charge is 0.267 e. The molecule has 0 saturated heterocycles. The Balaban J connectivity index is 1.78. The van der Waals surface area contributed by atoms with E-state index in [4.69, 9.17) is 9.47 Å². The summed E-state index contributed by atoms with van der Waals surface area (Å²) in [5.74, 6) is 0.0919. The highest BCUT2D eigenvalue weighted by Gasteiger charge is 2.22. The number of hydrogen-bond acceptors (Lipinski definition) is 5. The summed E-state index contributed by atoms with van der Waals surface area (Å²) in [6, 6.07) is 11.8. The lowest BCUT2D eigenvalue weighted by molar-refractivity contribution is 0.102. The maximum atomic E-state index is 12.8. The van der Waals surface area contributed by atoms with E-state index < -0.39 is 11.5 Å². The van der Waals surface area contributed by atoms with Crippen LogP contribution in [-0.4, -0.2) is 22.4 Å². The minimum absolute atomic E-state index is 0.124. The largest absolute Gasteiger partial charge is 0.506 e. The van der Waals surface area contributed by atoms with E-state index in [0.717, 1.165) is 0 Å². The molecular weight excluding hydrogens is 336 g/mol. The number of hydrogen-bond donors (Lipinski definition) is 2. The van der Waals surface area contributed by atoms with Crippen LogP contribution in [0.5, 0.6) is 17.2 Å². The fourth-order valence-electron chi connectivity index (χ4n) is 3.08. The van der Waals surface area contributed by atoms with Crippen LogP contribution in [0.1, 0.15) is 17.3 Å². The summed E-state index contributed by atoms with van der Waals surface area (Å²) < 4.78 is 12.0. The van der Waals surface area contributed by atoms with E-state index >= 15 is 0 Å². The van der Waals surface area contributed by atoms with E-state index in [9.17, 15) is 14.7 Å². The van der Waals surface area contributed by atoms with Gasteiger partial charge < -0.3 is 24.5 Å². The van der Waals surface area contributed by atoms with Crippen molar-refractivity contribution in [3.63, 3.8) is 0 Å². The van der Waals surface area contributed by atoms with E-state index in [2.05, 4.69) is 5.32 Å². The third kappa shape index (κ3) is 2.45. The Morgan fingerprint density at radius 2 is 1.96 bits per heavy atom. The number of amides is 1. The van der Waals surface area contributed by atoms with Gasteiger partial charge in [-0.25, -0.2) is 0 Å². The number of carbonyl (C=O) groups excluding carboxylic acids is 1. The second kappa shape index (κ2) is 6.11. The second-order valence-corrected chi connectivity index (χ2v) is 5.81. The zero-order chi connectivity index (χ0) is 18.3. The number of nitrogens with one attached hydrogen (secondary N) is 1. The molecule has 2 N–H and O–H groups in total. The molecule has 1 aromatic heterocycles. The van der Waals surface area contributed by atoms with Crippen molar-refractivity contribution >= 4 is 22.5 Å². The maximum absolute atomic E-state index is 12.8. The van der Waals surface area contributed by atoms with Crippen LogP contribution in [0.25, 0.3) is 10.9 Å². The molecule has 3 aromatic rings. The van der Waals surface area contributed by atoms with Crippen LogP contribution in [0, 0.1) is 0 Å².